The number of carbonyl (C=O) groups is 1. The van der Waals surface area contributed by atoms with Crippen LogP contribution in [0.2, 0.25) is 0 Å². The Morgan fingerprint density at radius 3 is 2.65 bits per heavy atom. The van der Waals surface area contributed by atoms with Gasteiger partial charge in [0, 0.05) is 25.5 Å². The average molecular weight is 276 g/mol. The zero-order valence-corrected chi connectivity index (χ0v) is 12.0. The number of pyridine rings is 1. The summed E-state index contributed by atoms with van der Waals surface area (Å²) in [6.07, 6.45) is 8.34. The van der Waals surface area contributed by atoms with Crippen LogP contribution in [0.4, 0.5) is 4.79 Å². The van der Waals surface area contributed by atoms with E-state index in [0.717, 1.165) is 24.9 Å². The molecule has 2 rings (SSSR count). The van der Waals surface area contributed by atoms with Crippen LogP contribution in [-0.4, -0.2) is 42.1 Å². The highest BCUT2D eigenvalue weighted by molar-refractivity contribution is 5.73. The third kappa shape index (κ3) is 5.57. The molecule has 5 heteroatoms. The molecule has 2 amide bonds. The van der Waals surface area contributed by atoms with Crippen LogP contribution in [-0.2, 0) is 6.54 Å². The van der Waals surface area contributed by atoms with E-state index < -0.39 is 0 Å². The van der Waals surface area contributed by atoms with Crippen molar-refractivity contribution < 1.29 is 4.79 Å². The number of aromatic nitrogens is 1. The van der Waals surface area contributed by atoms with E-state index in [1.54, 1.807) is 12.4 Å². The molecule has 0 bridgehead atoms. The second kappa shape index (κ2) is 8.53. The topological polar surface area (TPSA) is 57.3 Å². The maximum absolute atomic E-state index is 11.6. The van der Waals surface area contributed by atoms with E-state index in [0.29, 0.717) is 6.54 Å². The van der Waals surface area contributed by atoms with Gasteiger partial charge in [0.2, 0.25) is 0 Å². The molecule has 0 unspecified atom stereocenters. The fourth-order valence-electron chi connectivity index (χ4n) is 2.41. The van der Waals surface area contributed by atoms with E-state index in [9.17, 15) is 4.79 Å². The summed E-state index contributed by atoms with van der Waals surface area (Å²) in [5.41, 5.74) is 1.06. The molecule has 0 aliphatic carbocycles. The van der Waals surface area contributed by atoms with E-state index in [4.69, 9.17) is 0 Å². The summed E-state index contributed by atoms with van der Waals surface area (Å²) in [5.74, 6) is 0. The Morgan fingerprint density at radius 1 is 1.15 bits per heavy atom. The van der Waals surface area contributed by atoms with Crippen molar-refractivity contribution in [3.8, 4) is 0 Å². The Hall–Kier alpha value is -1.62. The molecule has 1 aromatic heterocycles. The predicted molar refractivity (Wildman–Crippen MR) is 79.4 cm³/mol. The molecule has 2 heterocycles. The number of amides is 2. The summed E-state index contributed by atoms with van der Waals surface area (Å²) in [7, 11) is 0. The van der Waals surface area contributed by atoms with Crippen LogP contribution in [0, 0.1) is 0 Å². The normalized spacial score (nSPS) is 15.2. The van der Waals surface area contributed by atoms with Crippen molar-refractivity contribution in [1.82, 2.24) is 20.5 Å². The number of nitrogens with one attached hydrogen (secondary N) is 2. The monoisotopic (exact) mass is 276 g/mol. The lowest BCUT2D eigenvalue weighted by atomic mass is 10.3. The molecule has 1 fully saturated rings. The Bertz CT molecular complexity index is 390. The summed E-state index contributed by atoms with van der Waals surface area (Å²) >= 11 is 0. The lowest BCUT2D eigenvalue weighted by Gasteiger charge is -2.14. The highest BCUT2D eigenvalue weighted by atomic mass is 16.2. The molecule has 1 aliphatic rings. The fraction of sp³-hybridized carbons (Fsp3) is 0.600. The molecule has 2 N–H and O–H groups in total. The summed E-state index contributed by atoms with van der Waals surface area (Å²) < 4.78 is 0. The molecular formula is C15H24N4O. The van der Waals surface area contributed by atoms with Gasteiger partial charge >= 0.3 is 6.03 Å². The summed E-state index contributed by atoms with van der Waals surface area (Å²) in [6.45, 7) is 4.96. The van der Waals surface area contributed by atoms with Gasteiger partial charge in [-0.15, -0.1) is 0 Å². The number of urea groups is 1. The third-order valence-electron chi connectivity index (χ3n) is 3.59. The van der Waals surface area contributed by atoms with E-state index in [1.165, 1.54) is 32.5 Å². The van der Waals surface area contributed by atoms with Crippen molar-refractivity contribution in [2.75, 3.05) is 26.2 Å². The smallest absolute Gasteiger partial charge is 0.315 e. The van der Waals surface area contributed by atoms with Crippen molar-refractivity contribution in [1.29, 1.82) is 0 Å². The van der Waals surface area contributed by atoms with Gasteiger partial charge in [0.25, 0.3) is 0 Å². The van der Waals surface area contributed by atoms with Crippen LogP contribution in [0.1, 0.15) is 31.2 Å². The molecule has 0 saturated carbocycles. The third-order valence-corrected chi connectivity index (χ3v) is 3.59. The first kappa shape index (κ1) is 14.8. The Morgan fingerprint density at radius 2 is 1.90 bits per heavy atom. The van der Waals surface area contributed by atoms with E-state index in [-0.39, 0.29) is 6.03 Å². The number of nitrogens with zero attached hydrogens (tertiary/aromatic N) is 2. The molecule has 0 atom stereocenters. The van der Waals surface area contributed by atoms with E-state index in [2.05, 4.69) is 20.5 Å². The molecule has 5 nitrogen and oxygen atoms in total. The van der Waals surface area contributed by atoms with Crippen LogP contribution in [0.5, 0.6) is 0 Å². The number of likely N-dealkylation sites (tertiary alicyclic amines) is 1. The maximum Gasteiger partial charge on any atom is 0.315 e. The number of unbranched alkanes of at least 4 members (excludes halogenated alkanes) is 1. The zero-order chi connectivity index (χ0) is 14.0. The molecule has 20 heavy (non-hydrogen) atoms. The zero-order valence-electron chi connectivity index (χ0n) is 12.0. The summed E-state index contributed by atoms with van der Waals surface area (Å²) in [5, 5.41) is 5.74. The van der Waals surface area contributed by atoms with Gasteiger partial charge in [0.15, 0.2) is 0 Å². The SMILES string of the molecule is O=C(NCCCCN1CCCC1)NCc1ccncc1. The van der Waals surface area contributed by atoms with Gasteiger partial charge in [-0.3, -0.25) is 4.98 Å². The molecule has 1 aliphatic heterocycles. The Labute approximate surface area is 120 Å². The van der Waals surface area contributed by atoms with Gasteiger partial charge in [0.05, 0.1) is 0 Å². The minimum absolute atomic E-state index is 0.0945. The first-order valence-corrected chi connectivity index (χ1v) is 7.47. The quantitative estimate of drug-likeness (QED) is 0.746. The minimum Gasteiger partial charge on any atom is -0.338 e. The van der Waals surface area contributed by atoms with Crippen LogP contribution in [0.3, 0.4) is 0 Å². The van der Waals surface area contributed by atoms with Gasteiger partial charge in [-0.25, -0.2) is 4.79 Å². The first-order valence-electron chi connectivity index (χ1n) is 7.47. The first-order chi connectivity index (χ1) is 9.84. The van der Waals surface area contributed by atoms with Crippen molar-refractivity contribution in [2.45, 2.75) is 32.2 Å². The maximum atomic E-state index is 11.6. The van der Waals surface area contributed by atoms with Crippen molar-refractivity contribution in [2.24, 2.45) is 0 Å². The lowest BCUT2D eigenvalue weighted by Crippen LogP contribution is -2.35. The lowest BCUT2D eigenvalue weighted by molar-refractivity contribution is 0.240. The Kier molecular flexibility index (Phi) is 6.31. The van der Waals surface area contributed by atoms with Crippen molar-refractivity contribution in [3.05, 3.63) is 30.1 Å². The fourth-order valence-corrected chi connectivity index (χ4v) is 2.41. The molecular weight excluding hydrogens is 252 g/mol. The van der Waals surface area contributed by atoms with E-state index in [1.807, 2.05) is 12.1 Å². The van der Waals surface area contributed by atoms with Gasteiger partial charge in [-0.1, -0.05) is 0 Å². The number of hydrogen-bond acceptors (Lipinski definition) is 3. The highest BCUT2D eigenvalue weighted by Crippen LogP contribution is 2.07. The van der Waals surface area contributed by atoms with Gasteiger partial charge in [-0.05, 0) is 63.0 Å². The van der Waals surface area contributed by atoms with Crippen LogP contribution in [0.25, 0.3) is 0 Å². The number of carbonyl (C=O) groups excluding carboxylic acids is 1. The number of rotatable bonds is 7. The van der Waals surface area contributed by atoms with Gasteiger partial charge < -0.3 is 15.5 Å². The summed E-state index contributed by atoms with van der Waals surface area (Å²) in [6, 6.07) is 3.70. The minimum atomic E-state index is -0.0945. The summed E-state index contributed by atoms with van der Waals surface area (Å²) in [4.78, 5) is 18.0. The average Bonchev–Trinajstić information content (AvgIpc) is 2.99. The molecule has 110 valence electrons. The van der Waals surface area contributed by atoms with E-state index >= 15 is 0 Å². The predicted octanol–water partition coefficient (Wildman–Crippen LogP) is 1.76. The highest BCUT2D eigenvalue weighted by Gasteiger charge is 2.10. The second-order valence-electron chi connectivity index (χ2n) is 5.22. The van der Waals surface area contributed by atoms with Crippen molar-refractivity contribution in [3.63, 3.8) is 0 Å². The van der Waals surface area contributed by atoms with Gasteiger partial charge in [-0.2, -0.15) is 0 Å². The molecule has 0 radical (unpaired) electrons. The van der Waals surface area contributed by atoms with Crippen molar-refractivity contribution >= 4 is 6.03 Å². The Balaban J connectivity index is 1.47. The van der Waals surface area contributed by atoms with Crippen LogP contribution >= 0.6 is 0 Å². The second-order valence-corrected chi connectivity index (χ2v) is 5.22. The van der Waals surface area contributed by atoms with Crippen LogP contribution < -0.4 is 10.6 Å². The van der Waals surface area contributed by atoms with Gasteiger partial charge in [0.1, 0.15) is 0 Å². The molecule has 0 spiro atoms. The molecule has 1 saturated heterocycles. The molecule has 1 aromatic rings. The molecule has 0 aromatic carbocycles. The number of hydrogen-bond donors (Lipinski definition) is 2. The standard InChI is InChI=1S/C15H24N4O/c20-15(18-13-14-5-8-16-9-6-14)17-7-1-2-10-19-11-3-4-12-19/h5-6,8-9H,1-4,7,10-13H2,(H2,17,18,20). The van der Waals surface area contributed by atoms with Crippen LogP contribution in [0.15, 0.2) is 24.5 Å². The largest absolute Gasteiger partial charge is 0.338 e.